The largest absolute Gasteiger partial charge is 0.481 e. The molecule has 12 heteroatoms. The Balaban J connectivity index is 0.959. The van der Waals surface area contributed by atoms with Crippen molar-refractivity contribution in [3.63, 3.8) is 0 Å². The van der Waals surface area contributed by atoms with Gasteiger partial charge < -0.3 is 25.4 Å². The summed E-state index contributed by atoms with van der Waals surface area (Å²) in [4.78, 5) is 44.2. The first-order valence-corrected chi connectivity index (χ1v) is 19.5. The standard InChI is InChI=1S/C43H50N8O4/c1-26-33(6-4-8-35(26)46-40-39-31(14-17-44-40)20-29(21-45-39)23-50-18-15-32(52)24-50)34-7-5-9-36(27(34)2)48-42(53)41-47-37-25-51(19-16-38(37)49(41)3)22-28-10-12-30(13-11-28)43(54)55/h4-9,14,17,20-21,28,30,32,52H,10-13,15-16,18-19,22-25H2,1-3H3,(H,44,46)(H,48,53)(H,54,55)/t28-,30+,32-/m1/s1. The van der Waals surface area contributed by atoms with Crippen LogP contribution in [0.2, 0.25) is 0 Å². The number of fused-ring (bicyclic) bond motifs is 2. The van der Waals surface area contributed by atoms with E-state index < -0.39 is 5.97 Å². The fourth-order valence-electron chi connectivity index (χ4n) is 8.83. The molecular weight excluding hydrogens is 693 g/mol. The summed E-state index contributed by atoms with van der Waals surface area (Å²) in [5.41, 5.74) is 9.68. The number of hydrogen-bond acceptors (Lipinski definition) is 9. The minimum Gasteiger partial charge on any atom is -0.481 e. The number of anilines is 3. The van der Waals surface area contributed by atoms with Crippen LogP contribution in [-0.2, 0) is 31.4 Å². The molecule has 0 unspecified atom stereocenters. The Bertz CT molecular complexity index is 2240. The number of aromatic nitrogens is 4. The highest BCUT2D eigenvalue weighted by Crippen LogP contribution is 2.36. The van der Waals surface area contributed by atoms with E-state index in [-0.39, 0.29) is 17.9 Å². The Morgan fingerprint density at radius 2 is 1.65 bits per heavy atom. The van der Waals surface area contributed by atoms with Gasteiger partial charge in [-0.05, 0) is 104 Å². The highest BCUT2D eigenvalue weighted by molar-refractivity contribution is 6.03. The molecule has 4 N–H and O–H groups in total. The topological polar surface area (TPSA) is 149 Å². The van der Waals surface area contributed by atoms with E-state index in [2.05, 4.69) is 50.5 Å². The third-order valence-electron chi connectivity index (χ3n) is 12.0. The number of rotatable bonds is 10. The Morgan fingerprint density at radius 1 is 0.909 bits per heavy atom. The van der Waals surface area contributed by atoms with Crippen LogP contribution in [-0.4, -0.2) is 83.7 Å². The second-order valence-corrected chi connectivity index (χ2v) is 15.7. The van der Waals surface area contributed by atoms with Crippen LogP contribution in [0.3, 0.4) is 0 Å². The van der Waals surface area contributed by atoms with Gasteiger partial charge in [0.2, 0.25) is 0 Å². The molecule has 1 atom stereocenters. The van der Waals surface area contributed by atoms with Crippen molar-refractivity contribution in [2.45, 2.75) is 71.6 Å². The molecule has 2 aromatic carbocycles. The van der Waals surface area contributed by atoms with E-state index in [1.807, 2.05) is 55.1 Å². The van der Waals surface area contributed by atoms with E-state index in [0.29, 0.717) is 30.6 Å². The molecule has 55 heavy (non-hydrogen) atoms. The number of aliphatic hydroxyl groups is 1. The van der Waals surface area contributed by atoms with E-state index in [1.54, 1.807) is 6.20 Å². The van der Waals surface area contributed by atoms with Gasteiger partial charge in [0.25, 0.3) is 5.91 Å². The third kappa shape index (κ3) is 7.71. The zero-order chi connectivity index (χ0) is 38.2. The van der Waals surface area contributed by atoms with Crippen LogP contribution < -0.4 is 10.6 Å². The monoisotopic (exact) mass is 742 g/mol. The van der Waals surface area contributed by atoms with E-state index in [4.69, 9.17) is 9.97 Å². The van der Waals surface area contributed by atoms with E-state index in [0.717, 1.165) is 126 Å². The first-order chi connectivity index (χ1) is 26.6. The molecule has 286 valence electrons. The summed E-state index contributed by atoms with van der Waals surface area (Å²) in [6.07, 6.45) is 8.49. The molecule has 5 aromatic rings. The zero-order valence-corrected chi connectivity index (χ0v) is 31.9. The van der Waals surface area contributed by atoms with Gasteiger partial charge in [0.05, 0.1) is 17.7 Å². The number of likely N-dealkylation sites (tertiary alicyclic amines) is 1. The molecule has 1 saturated carbocycles. The molecule has 1 amide bonds. The summed E-state index contributed by atoms with van der Waals surface area (Å²) >= 11 is 0. The summed E-state index contributed by atoms with van der Waals surface area (Å²) in [5.74, 6) is 0.477. The second kappa shape index (κ2) is 15.5. The summed E-state index contributed by atoms with van der Waals surface area (Å²) in [6.45, 7) is 9.00. The maximum atomic E-state index is 13.8. The van der Waals surface area contributed by atoms with Crippen LogP contribution in [0, 0.1) is 25.7 Å². The Morgan fingerprint density at radius 3 is 2.38 bits per heavy atom. The predicted octanol–water partition coefficient (Wildman–Crippen LogP) is 6.46. The molecule has 0 bridgehead atoms. The average molecular weight is 743 g/mol. The van der Waals surface area contributed by atoms with Crippen LogP contribution in [0.4, 0.5) is 17.2 Å². The van der Waals surface area contributed by atoms with Gasteiger partial charge in [0, 0.05) is 87.6 Å². The normalized spacial score (nSPS) is 20.4. The molecule has 5 heterocycles. The summed E-state index contributed by atoms with van der Waals surface area (Å²) in [6, 6.07) is 16.3. The number of aliphatic hydroxyl groups excluding tert-OH is 1. The van der Waals surface area contributed by atoms with Gasteiger partial charge in [0.15, 0.2) is 11.6 Å². The van der Waals surface area contributed by atoms with Gasteiger partial charge in [-0.3, -0.25) is 24.4 Å². The smallest absolute Gasteiger partial charge is 0.306 e. The zero-order valence-electron chi connectivity index (χ0n) is 31.9. The van der Waals surface area contributed by atoms with Crippen molar-refractivity contribution < 1.29 is 19.8 Å². The van der Waals surface area contributed by atoms with Crippen molar-refractivity contribution in [2.24, 2.45) is 18.9 Å². The molecule has 1 aliphatic carbocycles. The van der Waals surface area contributed by atoms with Crippen molar-refractivity contribution >= 4 is 40.0 Å². The summed E-state index contributed by atoms with van der Waals surface area (Å²) < 4.78 is 1.94. The maximum Gasteiger partial charge on any atom is 0.306 e. The number of aliphatic carboxylic acids is 1. The summed E-state index contributed by atoms with van der Waals surface area (Å²) in [7, 11) is 1.93. The Labute approximate surface area is 321 Å². The number of nitrogens with zero attached hydrogens (tertiary/aromatic N) is 6. The van der Waals surface area contributed by atoms with Crippen molar-refractivity contribution in [1.82, 2.24) is 29.3 Å². The fourth-order valence-corrected chi connectivity index (χ4v) is 8.83. The number of nitrogens with one attached hydrogen (secondary N) is 2. The molecule has 0 spiro atoms. The number of β-amino-alcohol motifs (C(OH)–C–C–N with tert-alkyl or cyclic N) is 1. The number of carbonyl (C=O) groups is 2. The third-order valence-corrected chi connectivity index (χ3v) is 12.0. The maximum absolute atomic E-state index is 13.8. The molecule has 2 fully saturated rings. The molecule has 12 nitrogen and oxygen atoms in total. The minimum absolute atomic E-state index is 0.204. The van der Waals surface area contributed by atoms with Crippen LogP contribution in [0.25, 0.3) is 22.0 Å². The van der Waals surface area contributed by atoms with E-state index in [9.17, 15) is 19.8 Å². The lowest BCUT2D eigenvalue weighted by molar-refractivity contribution is -0.143. The average Bonchev–Trinajstić information content (AvgIpc) is 3.74. The number of carboxylic acid groups (broad SMARTS) is 1. The molecule has 3 aromatic heterocycles. The number of amides is 1. The van der Waals surface area contributed by atoms with Crippen molar-refractivity contribution in [3.05, 3.63) is 94.8 Å². The van der Waals surface area contributed by atoms with Crippen LogP contribution in [0.1, 0.15) is 70.8 Å². The van der Waals surface area contributed by atoms with Crippen LogP contribution in [0.15, 0.2) is 60.9 Å². The SMILES string of the molecule is Cc1c(NC(=O)c2nc3c(n2C)CCN(C[C@H]2CC[C@@H](C(=O)O)CC2)C3)cccc1-c1cccc(Nc2nccc3cc(CN4CC[C@@H](O)C4)cnc23)c1C. The first-order valence-electron chi connectivity index (χ1n) is 19.5. The lowest BCUT2D eigenvalue weighted by atomic mass is 9.81. The van der Waals surface area contributed by atoms with Gasteiger partial charge in [-0.1, -0.05) is 24.3 Å². The predicted molar refractivity (Wildman–Crippen MR) is 213 cm³/mol. The fraction of sp³-hybridized carbons (Fsp3) is 0.419. The number of benzene rings is 2. The van der Waals surface area contributed by atoms with Crippen molar-refractivity contribution in [3.8, 4) is 11.1 Å². The molecule has 1 saturated heterocycles. The van der Waals surface area contributed by atoms with Gasteiger partial charge in [0.1, 0.15) is 5.52 Å². The molecule has 0 radical (unpaired) electrons. The number of carboxylic acids is 1. The first kappa shape index (κ1) is 36.8. The van der Waals surface area contributed by atoms with Crippen LogP contribution >= 0.6 is 0 Å². The molecule has 8 rings (SSSR count). The number of carbonyl (C=O) groups excluding carboxylic acids is 1. The second-order valence-electron chi connectivity index (χ2n) is 15.7. The number of hydrogen-bond donors (Lipinski definition) is 4. The van der Waals surface area contributed by atoms with Gasteiger partial charge in [-0.25, -0.2) is 9.97 Å². The highest BCUT2D eigenvalue weighted by Gasteiger charge is 2.30. The Kier molecular flexibility index (Phi) is 10.4. The van der Waals surface area contributed by atoms with Crippen molar-refractivity contribution in [2.75, 3.05) is 36.8 Å². The quantitative estimate of drug-likeness (QED) is 0.126. The minimum atomic E-state index is -0.668. The highest BCUT2D eigenvalue weighted by atomic mass is 16.4. The van der Waals surface area contributed by atoms with Gasteiger partial charge >= 0.3 is 5.97 Å². The van der Waals surface area contributed by atoms with E-state index >= 15 is 0 Å². The lowest BCUT2D eigenvalue weighted by Crippen LogP contribution is -2.36. The number of imidazole rings is 1. The van der Waals surface area contributed by atoms with E-state index in [1.165, 1.54) is 0 Å². The lowest BCUT2D eigenvalue weighted by Gasteiger charge is -2.33. The van der Waals surface area contributed by atoms with Crippen molar-refractivity contribution in [1.29, 1.82) is 0 Å². The molecular formula is C43H50N8O4. The summed E-state index contributed by atoms with van der Waals surface area (Å²) in [5, 5.41) is 27.0. The molecule has 3 aliphatic rings. The molecule has 2 aliphatic heterocycles. The van der Waals surface area contributed by atoms with Crippen LogP contribution in [0.5, 0.6) is 0 Å². The van der Waals surface area contributed by atoms with Gasteiger partial charge in [-0.2, -0.15) is 0 Å². The number of pyridine rings is 2. The Hall–Kier alpha value is -5.17. The van der Waals surface area contributed by atoms with Gasteiger partial charge in [-0.15, -0.1) is 0 Å².